The second kappa shape index (κ2) is 6.04. The molecule has 0 saturated heterocycles. The standard InChI is InChI=1S/C15H12N2O5/c1-16-13(10-2-6-12(7-3-10)17(21)22)8-4-11(15(16)20)5-9-14(18)19/h2-9H,1H3,(H,18,19)/b9-5+. The minimum Gasteiger partial charge on any atom is -0.478 e. The molecule has 0 unspecified atom stereocenters. The number of nitro groups is 1. The minimum absolute atomic E-state index is 0.0326. The van der Waals surface area contributed by atoms with Crippen molar-refractivity contribution in [1.29, 1.82) is 0 Å². The van der Waals surface area contributed by atoms with Gasteiger partial charge in [0.1, 0.15) is 0 Å². The Kier molecular flexibility index (Phi) is 4.17. The number of non-ortho nitro benzene ring substituents is 1. The number of hydrogen-bond acceptors (Lipinski definition) is 4. The first-order valence-electron chi connectivity index (χ1n) is 6.26. The van der Waals surface area contributed by atoms with Crippen LogP contribution >= 0.6 is 0 Å². The van der Waals surface area contributed by atoms with Gasteiger partial charge in [0, 0.05) is 30.8 Å². The number of aliphatic carboxylic acids is 1. The molecule has 0 bridgehead atoms. The van der Waals surface area contributed by atoms with Gasteiger partial charge in [-0.05, 0) is 35.9 Å². The number of rotatable bonds is 4. The molecule has 0 radical (unpaired) electrons. The van der Waals surface area contributed by atoms with Crippen molar-refractivity contribution in [2.45, 2.75) is 0 Å². The lowest BCUT2D eigenvalue weighted by Crippen LogP contribution is -2.20. The van der Waals surface area contributed by atoms with Gasteiger partial charge in [-0.3, -0.25) is 14.9 Å². The van der Waals surface area contributed by atoms with Gasteiger partial charge in [0.05, 0.1) is 10.6 Å². The number of nitrogens with zero attached hydrogens (tertiary/aromatic N) is 2. The van der Waals surface area contributed by atoms with Crippen LogP contribution in [0.4, 0.5) is 5.69 Å². The summed E-state index contributed by atoms with van der Waals surface area (Å²) in [5.74, 6) is -1.14. The molecule has 0 atom stereocenters. The molecule has 1 aromatic carbocycles. The van der Waals surface area contributed by atoms with E-state index in [1.165, 1.54) is 28.8 Å². The molecular weight excluding hydrogens is 288 g/mol. The minimum atomic E-state index is -1.14. The summed E-state index contributed by atoms with van der Waals surface area (Å²) in [6.07, 6.45) is 2.12. The van der Waals surface area contributed by atoms with Crippen molar-refractivity contribution in [2.75, 3.05) is 0 Å². The van der Waals surface area contributed by atoms with Crippen LogP contribution in [0, 0.1) is 10.1 Å². The van der Waals surface area contributed by atoms with E-state index in [1.807, 2.05) is 0 Å². The van der Waals surface area contributed by atoms with E-state index < -0.39 is 10.9 Å². The van der Waals surface area contributed by atoms with E-state index in [9.17, 15) is 19.7 Å². The summed E-state index contributed by atoms with van der Waals surface area (Å²) in [4.78, 5) is 32.8. The molecule has 0 spiro atoms. The van der Waals surface area contributed by atoms with Crippen LogP contribution in [0.1, 0.15) is 5.56 Å². The quantitative estimate of drug-likeness (QED) is 0.529. The molecule has 22 heavy (non-hydrogen) atoms. The first kappa shape index (κ1) is 15.2. The number of benzene rings is 1. The van der Waals surface area contributed by atoms with E-state index in [-0.39, 0.29) is 16.8 Å². The lowest BCUT2D eigenvalue weighted by molar-refractivity contribution is -0.384. The SMILES string of the molecule is Cn1c(-c2ccc([N+](=O)[O-])cc2)ccc(/C=C/C(=O)O)c1=O. The van der Waals surface area contributed by atoms with Gasteiger partial charge in [0.25, 0.3) is 11.2 Å². The largest absolute Gasteiger partial charge is 0.478 e. The molecule has 7 nitrogen and oxygen atoms in total. The number of nitro benzene ring substituents is 1. The number of aromatic nitrogens is 1. The monoisotopic (exact) mass is 300 g/mol. The molecule has 2 aromatic rings. The third-order valence-corrected chi connectivity index (χ3v) is 3.11. The molecule has 1 heterocycles. The average molecular weight is 300 g/mol. The molecule has 0 aliphatic rings. The Balaban J connectivity index is 2.45. The Bertz CT molecular complexity index is 819. The Morgan fingerprint density at radius 1 is 1.23 bits per heavy atom. The predicted octanol–water partition coefficient (Wildman–Crippen LogP) is 2.06. The van der Waals surface area contributed by atoms with Crippen LogP contribution in [-0.4, -0.2) is 20.6 Å². The fourth-order valence-corrected chi connectivity index (χ4v) is 1.99. The number of hydrogen-bond donors (Lipinski definition) is 1. The molecule has 0 fully saturated rings. The lowest BCUT2D eigenvalue weighted by atomic mass is 10.1. The van der Waals surface area contributed by atoms with Crippen molar-refractivity contribution >= 4 is 17.7 Å². The fraction of sp³-hybridized carbons (Fsp3) is 0.0667. The van der Waals surface area contributed by atoms with Gasteiger partial charge in [-0.2, -0.15) is 0 Å². The third kappa shape index (κ3) is 3.09. The summed E-state index contributed by atoms with van der Waals surface area (Å²) < 4.78 is 1.36. The van der Waals surface area contributed by atoms with Crippen molar-refractivity contribution < 1.29 is 14.8 Å². The maximum absolute atomic E-state index is 12.2. The average Bonchev–Trinajstić information content (AvgIpc) is 2.49. The van der Waals surface area contributed by atoms with Crippen LogP contribution in [0.5, 0.6) is 0 Å². The van der Waals surface area contributed by atoms with Crippen molar-refractivity contribution in [3.05, 3.63) is 68.5 Å². The predicted molar refractivity (Wildman–Crippen MR) is 80.4 cm³/mol. The van der Waals surface area contributed by atoms with Crippen LogP contribution in [0.2, 0.25) is 0 Å². The molecule has 0 saturated carbocycles. The number of carboxylic acids is 1. The first-order valence-corrected chi connectivity index (χ1v) is 6.26. The van der Waals surface area contributed by atoms with Gasteiger partial charge in [0.2, 0.25) is 0 Å². The zero-order valence-electron chi connectivity index (χ0n) is 11.6. The fourth-order valence-electron chi connectivity index (χ4n) is 1.99. The van der Waals surface area contributed by atoms with Crippen molar-refractivity contribution in [3.8, 4) is 11.3 Å². The highest BCUT2D eigenvalue weighted by molar-refractivity contribution is 5.85. The third-order valence-electron chi connectivity index (χ3n) is 3.11. The van der Waals surface area contributed by atoms with E-state index in [1.54, 1.807) is 25.2 Å². The van der Waals surface area contributed by atoms with Gasteiger partial charge < -0.3 is 9.67 Å². The van der Waals surface area contributed by atoms with Gasteiger partial charge in [-0.15, -0.1) is 0 Å². The maximum Gasteiger partial charge on any atom is 0.328 e. The molecule has 0 aliphatic heterocycles. The lowest BCUT2D eigenvalue weighted by Gasteiger charge is -2.09. The number of carbonyl (C=O) groups is 1. The topological polar surface area (TPSA) is 102 Å². The van der Waals surface area contributed by atoms with E-state index in [4.69, 9.17) is 5.11 Å². The van der Waals surface area contributed by atoms with Gasteiger partial charge >= 0.3 is 5.97 Å². The molecule has 1 aromatic heterocycles. The zero-order chi connectivity index (χ0) is 16.3. The molecule has 7 heteroatoms. The van der Waals surface area contributed by atoms with E-state index in [0.29, 0.717) is 11.3 Å². The summed E-state index contributed by atoms with van der Waals surface area (Å²) in [5, 5.41) is 19.2. The smallest absolute Gasteiger partial charge is 0.328 e. The van der Waals surface area contributed by atoms with Crippen LogP contribution in [-0.2, 0) is 11.8 Å². The second-order valence-corrected chi connectivity index (χ2v) is 4.51. The van der Waals surface area contributed by atoms with E-state index >= 15 is 0 Å². The Morgan fingerprint density at radius 2 is 1.86 bits per heavy atom. The van der Waals surface area contributed by atoms with Crippen LogP contribution in [0.25, 0.3) is 17.3 Å². The summed E-state index contributed by atoms with van der Waals surface area (Å²) in [5.41, 5.74) is 1.09. The van der Waals surface area contributed by atoms with Crippen molar-refractivity contribution in [2.24, 2.45) is 7.05 Å². The van der Waals surface area contributed by atoms with Crippen LogP contribution in [0.15, 0.2) is 47.3 Å². The number of carboxylic acid groups (broad SMARTS) is 1. The van der Waals surface area contributed by atoms with Crippen LogP contribution in [0.3, 0.4) is 0 Å². The molecule has 112 valence electrons. The Morgan fingerprint density at radius 3 is 2.41 bits per heavy atom. The summed E-state index contributed by atoms with van der Waals surface area (Å²) in [6, 6.07) is 9.00. The van der Waals surface area contributed by atoms with Crippen LogP contribution < -0.4 is 5.56 Å². The molecule has 2 rings (SSSR count). The van der Waals surface area contributed by atoms with Crippen molar-refractivity contribution in [1.82, 2.24) is 4.57 Å². The maximum atomic E-state index is 12.2. The highest BCUT2D eigenvalue weighted by Gasteiger charge is 2.09. The summed E-state index contributed by atoms with van der Waals surface area (Å²) >= 11 is 0. The summed E-state index contributed by atoms with van der Waals surface area (Å²) in [7, 11) is 1.55. The molecule has 0 aliphatic carbocycles. The van der Waals surface area contributed by atoms with Gasteiger partial charge in [-0.25, -0.2) is 4.79 Å². The van der Waals surface area contributed by atoms with E-state index in [0.717, 1.165) is 6.08 Å². The normalized spacial score (nSPS) is 10.8. The highest BCUT2D eigenvalue weighted by Crippen LogP contribution is 2.21. The zero-order valence-corrected chi connectivity index (χ0v) is 11.6. The van der Waals surface area contributed by atoms with Gasteiger partial charge in [-0.1, -0.05) is 0 Å². The Hall–Kier alpha value is -3.22. The van der Waals surface area contributed by atoms with Gasteiger partial charge in [0.15, 0.2) is 0 Å². The highest BCUT2D eigenvalue weighted by atomic mass is 16.6. The first-order chi connectivity index (χ1) is 10.4. The molecule has 1 N–H and O–H groups in total. The number of pyridine rings is 1. The Labute approximate surface area is 124 Å². The molecule has 0 amide bonds. The van der Waals surface area contributed by atoms with E-state index in [2.05, 4.69) is 0 Å². The second-order valence-electron chi connectivity index (χ2n) is 4.51. The molecular formula is C15H12N2O5. The summed E-state index contributed by atoms with van der Waals surface area (Å²) in [6.45, 7) is 0. The van der Waals surface area contributed by atoms with Crippen molar-refractivity contribution in [3.63, 3.8) is 0 Å².